The molecule has 0 unspecified atom stereocenters. The Balaban J connectivity index is 2.12. The Morgan fingerprint density at radius 3 is 2.80 bits per heavy atom. The van der Waals surface area contributed by atoms with Crippen LogP contribution in [0.4, 0.5) is 0 Å². The van der Waals surface area contributed by atoms with Gasteiger partial charge in [-0.3, -0.25) is 9.67 Å². The first-order valence-electron chi connectivity index (χ1n) is 4.54. The second-order valence-electron chi connectivity index (χ2n) is 3.17. The Morgan fingerprint density at radius 2 is 2.20 bits per heavy atom. The highest BCUT2D eigenvalue weighted by atomic mass is 16.4. The van der Waals surface area contributed by atoms with E-state index in [-0.39, 0.29) is 0 Å². The van der Waals surface area contributed by atoms with E-state index in [4.69, 9.17) is 10.0 Å². The van der Waals surface area contributed by atoms with Gasteiger partial charge in [-0.05, 0) is 12.1 Å². The van der Waals surface area contributed by atoms with Crippen LogP contribution in [-0.2, 0) is 6.54 Å². The lowest BCUT2D eigenvalue weighted by molar-refractivity contribution is 0.425. The molecule has 0 radical (unpaired) electrons. The van der Waals surface area contributed by atoms with E-state index in [0.717, 1.165) is 5.69 Å². The quantitative estimate of drug-likeness (QED) is 0.628. The monoisotopic (exact) mass is 203 g/mol. The molecule has 2 aromatic heterocycles. The molecule has 6 heteroatoms. The van der Waals surface area contributed by atoms with Crippen molar-refractivity contribution in [1.82, 2.24) is 14.8 Å². The minimum atomic E-state index is -1.47. The molecule has 5 nitrogen and oxygen atoms in total. The second kappa shape index (κ2) is 4.25. The van der Waals surface area contributed by atoms with E-state index < -0.39 is 7.12 Å². The van der Waals surface area contributed by atoms with Gasteiger partial charge in [0.1, 0.15) is 0 Å². The molecule has 2 N–H and O–H groups in total. The largest absolute Gasteiger partial charge is 0.491 e. The van der Waals surface area contributed by atoms with Gasteiger partial charge < -0.3 is 10.0 Å². The van der Waals surface area contributed by atoms with Crippen LogP contribution in [0.25, 0.3) is 0 Å². The molecule has 0 aliphatic carbocycles. The summed E-state index contributed by atoms with van der Waals surface area (Å²) in [5.74, 6) is 0. The smallest absolute Gasteiger partial charge is 0.423 e. The van der Waals surface area contributed by atoms with E-state index in [1.807, 2.05) is 18.2 Å². The van der Waals surface area contributed by atoms with Gasteiger partial charge in [0.25, 0.3) is 0 Å². The van der Waals surface area contributed by atoms with Crippen molar-refractivity contribution in [1.29, 1.82) is 0 Å². The minimum Gasteiger partial charge on any atom is -0.423 e. The highest BCUT2D eigenvalue weighted by Gasteiger charge is 2.12. The van der Waals surface area contributed by atoms with Gasteiger partial charge in [0.15, 0.2) is 0 Å². The van der Waals surface area contributed by atoms with Crippen LogP contribution in [-0.4, -0.2) is 31.9 Å². The first-order valence-corrected chi connectivity index (χ1v) is 4.54. The first kappa shape index (κ1) is 9.88. The van der Waals surface area contributed by atoms with Gasteiger partial charge in [-0.15, -0.1) is 0 Å². The third-order valence-electron chi connectivity index (χ3n) is 2.00. The van der Waals surface area contributed by atoms with Crippen LogP contribution >= 0.6 is 0 Å². The number of aromatic nitrogens is 3. The maximum Gasteiger partial charge on any atom is 0.491 e. The number of hydrogen-bond donors (Lipinski definition) is 2. The molecule has 0 aromatic carbocycles. The van der Waals surface area contributed by atoms with Crippen LogP contribution in [0, 0.1) is 0 Å². The van der Waals surface area contributed by atoms with Crippen LogP contribution in [0.15, 0.2) is 36.8 Å². The molecule has 15 heavy (non-hydrogen) atoms. The normalized spacial score (nSPS) is 10.3. The zero-order chi connectivity index (χ0) is 10.7. The lowest BCUT2D eigenvalue weighted by Crippen LogP contribution is -2.28. The Morgan fingerprint density at radius 1 is 1.33 bits per heavy atom. The standard InChI is InChI=1S/C9H10BN3O2/c14-10(15)8-5-12-13(6-8)7-9-3-1-2-4-11-9/h1-6,14-15H,7H2. The van der Waals surface area contributed by atoms with Crippen LogP contribution in [0.3, 0.4) is 0 Å². The second-order valence-corrected chi connectivity index (χ2v) is 3.17. The summed E-state index contributed by atoms with van der Waals surface area (Å²) in [7, 11) is -1.47. The molecular formula is C9H10BN3O2. The molecule has 0 saturated heterocycles. The number of hydrogen-bond acceptors (Lipinski definition) is 4. The Kier molecular flexibility index (Phi) is 2.80. The number of rotatable bonds is 3. The maximum absolute atomic E-state index is 8.89. The van der Waals surface area contributed by atoms with Crippen LogP contribution < -0.4 is 5.46 Å². The summed E-state index contributed by atoms with van der Waals surface area (Å²) >= 11 is 0. The summed E-state index contributed by atoms with van der Waals surface area (Å²) in [6.07, 6.45) is 4.72. The van der Waals surface area contributed by atoms with Crippen molar-refractivity contribution in [3.8, 4) is 0 Å². The average molecular weight is 203 g/mol. The molecule has 0 spiro atoms. The predicted molar refractivity (Wildman–Crippen MR) is 55.4 cm³/mol. The van der Waals surface area contributed by atoms with Crippen molar-refractivity contribution in [2.24, 2.45) is 0 Å². The fourth-order valence-electron chi connectivity index (χ4n) is 1.26. The molecule has 0 atom stereocenters. The molecule has 2 aromatic rings. The van der Waals surface area contributed by atoms with E-state index in [2.05, 4.69) is 10.1 Å². The van der Waals surface area contributed by atoms with Gasteiger partial charge in [-0.2, -0.15) is 5.10 Å². The maximum atomic E-state index is 8.89. The fraction of sp³-hybridized carbons (Fsp3) is 0.111. The van der Waals surface area contributed by atoms with Crippen molar-refractivity contribution in [3.63, 3.8) is 0 Å². The third-order valence-corrected chi connectivity index (χ3v) is 2.00. The topological polar surface area (TPSA) is 71.2 Å². The molecule has 2 rings (SSSR count). The summed E-state index contributed by atoms with van der Waals surface area (Å²) in [6.45, 7) is 0.521. The Labute approximate surface area is 87.2 Å². The van der Waals surface area contributed by atoms with Crippen molar-refractivity contribution in [2.45, 2.75) is 6.54 Å². The van der Waals surface area contributed by atoms with Crippen LogP contribution in [0.5, 0.6) is 0 Å². The number of nitrogens with zero attached hydrogens (tertiary/aromatic N) is 3. The molecule has 2 heterocycles. The van der Waals surface area contributed by atoms with E-state index in [1.165, 1.54) is 6.20 Å². The van der Waals surface area contributed by atoms with E-state index in [0.29, 0.717) is 12.0 Å². The van der Waals surface area contributed by atoms with Gasteiger partial charge in [0, 0.05) is 24.1 Å². The lowest BCUT2D eigenvalue weighted by Gasteiger charge is -1.99. The van der Waals surface area contributed by atoms with Crippen molar-refractivity contribution in [2.75, 3.05) is 0 Å². The Bertz CT molecular complexity index is 430. The highest BCUT2D eigenvalue weighted by molar-refractivity contribution is 6.58. The zero-order valence-electron chi connectivity index (χ0n) is 7.98. The van der Waals surface area contributed by atoms with Crippen molar-refractivity contribution >= 4 is 12.6 Å². The van der Waals surface area contributed by atoms with E-state index in [9.17, 15) is 0 Å². The van der Waals surface area contributed by atoms with Gasteiger partial charge in [-0.1, -0.05) is 6.07 Å². The molecule has 0 saturated carbocycles. The zero-order valence-corrected chi connectivity index (χ0v) is 7.98. The summed E-state index contributed by atoms with van der Waals surface area (Å²) in [4.78, 5) is 4.14. The predicted octanol–water partition coefficient (Wildman–Crippen LogP) is -0.994. The SMILES string of the molecule is OB(O)c1cnn(Cc2ccccn2)c1. The fourth-order valence-corrected chi connectivity index (χ4v) is 1.26. The minimum absolute atomic E-state index is 0.380. The number of pyridine rings is 1. The summed E-state index contributed by atoms with van der Waals surface area (Å²) < 4.78 is 1.61. The highest BCUT2D eigenvalue weighted by Crippen LogP contribution is 1.96. The van der Waals surface area contributed by atoms with Crippen molar-refractivity contribution in [3.05, 3.63) is 42.5 Å². The van der Waals surface area contributed by atoms with Crippen LogP contribution in [0.1, 0.15) is 5.69 Å². The van der Waals surface area contributed by atoms with Gasteiger partial charge in [0.05, 0.1) is 12.2 Å². The van der Waals surface area contributed by atoms with Crippen LogP contribution in [0.2, 0.25) is 0 Å². The summed E-state index contributed by atoms with van der Waals surface area (Å²) in [5.41, 5.74) is 1.26. The Hall–Kier alpha value is -1.66. The van der Waals surface area contributed by atoms with E-state index in [1.54, 1.807) is 17.1 Å². The average Bonchev–Trinajstić information content (AvgIpc) is 2.68. The molecule has 0 aliphatic rings. The lowest BCUT2D eigenvalue weighted by atomic mass is 9.83. The van der Waals surface area contributed by atoms with Gasteiger partial charge >= 0.3 is 7.12 Å². The third kappa shape index (κ3) is 2.42. The summed E-state index contributed by atoms with van der Waals surface area (Å²) in [5, 5.41) is 21.8. The molecule has 76 valence electrons. The van der Waals surface area contributed by atoms with E-state index >= 15 is 0 Å². The molecule has 0 bridgehead atoms. The first-order chi connectivity index (χ1) is 7.25. The molecular weight excluding hydrogens is 193 g/mol. The van der Waals surface area contributed by atoms with Gasteiger partial charge in [0.2, 0.25) is 0 Å². The van der Waals surface area contributed by atoms with Gasteiger partial charge in [-0.25, -0.2) is 0 Å². The molecule has 0 fully saturated rings. The molecule has 0 amide bonds. The summed E-state index contributed by atoms with van der Waals surface area (Å²) in [6, 6.07) is 5.62. The van der Waals surface area contributed by atoms with Crippen molar-refractivity contribution < 1.29 is 10.0 Å². The molecule has 0 aliphatic heterocycles.